The van der Waals surface area contributed by atoms with E-state index in [1.165, 1.54) is 14.0 Å². The molecule has 0 radical (unpaired) electrons. The Morgan fingerprint density at radius 1 is 1.21 bits per heavy atom. The average molecular weight is 388 g/mol. The summed E-state index contributed by atoms with van der Waals surface area (Å²) >= 11 is 0. The van der Waals surface area contributed by atoms with Crippen molar-refractivity contribution < 1.29 is 28.6 Å². The van der Waals surface area contributed by atoms with Gasteiger partial charge in [-0.3, -0.25) is 14.5 Å². The summed E-state index contributed by atoms with van der Waals surface area (Å²) in [6, 6.07) is 9.63. The molecule has 2 N–H and O–H groups in total. The zero-order valence-corrected chi connectivity index (χ0v) is 16.1. The predicted octanol–water partition coefficient (Wildman–Crippen LogP) is 2.14. The lowest BCUT2D eigenvalue weighted by atomic mass is 10.1. The molecule has 0 aliphatic rings. The molecule has 0 aliphatic heterocycles. The molecular weight excluding hydrogens is 364 g/mol. The van der Waals surface area contributed by atoms with Crippen LogP contribution in [0.2, 0.25) is 0 Å². The van der Waals surface area contributed by atoms with Gasteiger partial charge in [0.2, 0.25) is 5.91 Å². The van der Waals surface area contributed by atoms with Crippen molar-refractivity contribution in [2.75, 3.05) is 20.2 Å². The fraction of sp³-hybridized carbons (Fsp3) is 0.350. The second-order valence-corrected chi connectivity index (χ2v) is 6.27. The predicted molar refractivity (Wildman–Crippen MR) is 102 cm³/mol. The highest BCUT2D eigenvalue weighted by Gasteiger charge is 2.22. The molecule has 1 atom stereocenters. The summed E-state index contributed by atoms with van der Waals surface area (Å²) < 4.78 is 10.7. The molecule has 0 saturated heterocycles. The Kier molecular flexibility index (Phi) is 7.34. The monoisotopic (exact) mass is 388 g/mol. The molecular formula is C20H24N2O6. The summed E-state index contributed by atoms with van der Waals surface area (Å²) in [6.45, 7) is 3.90. The number of hydrogen-bond acceptors (Lipinski definition) is 6. The van der Waals surface area contributed by atoms with Gasteiger partial charge in [0.15, 0.2) is 0 Å². The number of carboxylic acid groups (broad SMARTS) is 1. The summed E-state index contributed by atoms with van der Waals surface area (Å²) in [5.41, 5.74) is 0.976. The number of hydrogen-bond donors (Lipinski definition) is 2. The van der Waals surface area contributed by atoms with Crippen molar-refractivity contribution >= 4 is 17.8 Å². The highest BCUT2D eigenvalue weighted by molar-refractivity contribution is 5.96. The summed E-state index contributed by atoms with van der Waals surface area (Å²) in [7, 11) is 1.31. The van der Waals surface area contributed by atoms with Gasteiger partial charge in [-0.1, -0.05) is 18.2 Å². The third-order valence-electron chi connectivity index (χ3n) is 4.30. The molecule has 150 valence electrons. The summed E-state index contributed by atoms with van der Waals surface area (Å²) in [5.74, 6) is -0.579. The SMILES string of the molecule is COC(=O)c1ccccc1-c1ccc(CN(CCNC(C)=O)C(C)C(=O)O)o1. The normalized spacial score (nSPS) is 11.9. The Morgan fingerprint density at radius 3 is 2.57 bits per heavy atom. The number of methoxy groups -OCH3 is 1. The second-order valence-electron chi connectivity index (χ2n) is 6.27. The molecule has 0 bridgehead atoms. The number of esters is 1. The van der Waals surface area contributed by atoms with Gasteiger partial charge in [0.05, 0.1) is 19.2 Å². The van der Waals surface area contributed by atoms with E-state index in [4.69, 9.17) is 9.15 Å². The molecule has 2 rings (SSSR count). The minimum absolute atomic E-state index is 0.178. The number of carbonyl (C=O) groups is 3. The lowest BCUT2D eigenvalue weighted by Crippen LogP contribution is -2.42. The topological polar surface area (TPSA) is 109 Å². The van der Waals surface area contributed by atoms with Crippen molar-refractivity contribution in [2.24, 2.45) is 0 Å². The number of nitrogens with zero attached hydrogens (tertiary/aromatic N) is 1. The fourth-order valence-corrected chi connectivity index (χ4v) is 2.74. The van der Waals surface area contributed by atoms with E-state index in [9.17, 15) is 19.5 Å². The third-order valence-corrected chi connectivity index (χ3v) is 4.30. The molecule has 28 heavy (non-hydrogen) atoms. The van der Waals surface area contributed by atoms with Gasteiger partial charge in [0.1, 0.15) is 17.6 Å². The van der Waals surface area contributed by atoms with E-state index in [1.54, 1.807) is 48.2 Å². The molecule has 1 aromatic heterocycles. The number of ether oxygens (including phenoxy) is 1. The molecule has 0 aliphatic carbocycles. The Balaban J connectivity index is 2.20. The van der Waals surface area contributed by atoms with E-state index in [2.05, 4.69) is 5.32 Å². The van der Waals surface area contributed by atoms with Crippen LogP contribution in [0.15, 0.2) is 40.8 Å². The molecule has 0 spiro atoms. The van der Waals surface area contributed by atoms with E-state index in [0.717, 1.165) is 0 Å². The first kappa shape index (κ1) is 21.2. The first-order valence-electron chi connectivity index (χ1n) is 8.81. The van der Waals surface area contributed by atoms with E-state index in [-0.39, 0.29) is 12.5 Å². The highest BCUT2D eigenvalue weighted by Crippen LogP contribution is 2.27. The molecule has 0 saturated carbocycles. The first-order valence-corrected chi connectivity index (χ1v) is 8.81. The van der Waals surface area contributed by atoms with Crippen molar-refractivity contribution in [3.05, 3.63) is 47.7 Å². The highest BCUT2D eigenvalue weighted by atomic mass is 16.5. The maximum Gasteiger partial charge on any atom is 0.338 e. The Morgan fingerprint density at radius 2 is 1.93 bits per heavy atom. The van der Waals surface area contributed by atoms with Crippen LogP contribution in [-0.4, -0.2) is 54.1 Å². The molecule has 1 unspecified atom stereocenters. The van der Waals surface area contributed by atoms with Gasteiger partial charge in [-0.05, 0) is 25.1 Å². The van der Waals surface area contributed by atoms with Crippen LogP contribution in [0.5, 0.6) is 0 Å². The van der Waals surface area contributed by atoms with Gasteiger partial charge in [-0.25, -0.2) is 4.79 Å². The van der Waals surface area contributed by atoms with Crippen LogP contribution in [0.1, 0.15) is 30.0 Å². The largest absolute Gasteiger partial charge is 0.480 e. The van der Waals surface area contributed by atoms with Gasteiger partial charge in [0.25, 0.3) is 0 Å². The summed E-state index contributed by atoms with van der Waals surface area (Å²) in [5, 5.41) is 12.0. The standard InChI is InChI=1S/C20H24N2O6/c1-13(19(24)25)22(11-10-21-14(2)23)12-15-8-9-18(28-15)16-6-4-5-7-17(16)20(26)27-3/h4-9,13H,10-12H2,1-3H3,(H,21,23)(H,24,25). The van der Waals surface area contributed by atoms with Gasteiger partial charge in [-0.2, -0.15) is 0 Å². The van der Waals surface area contributed by atoms with Crippen molar-refractivity contribution in [2.45, 2.75) is 26.4 Å². The molecule has 0 fully saturated rings. The van der Waals surface area contributed by atoms with Crippen LogP contribution in [0.3, 0.4) is 0 Å². The Bertz CT molecular complexity index is 845. The van der Waals surface area contributed by atoms with E-state index >= 15 is 0 Å². The van der Waals surface area contributed by atoms with E-state index < -0.39 is 18.0 Å². The van der Waals surface area contributed by atoms with Crippen molar-refractivity contribution in [1.82, 2.24) is 10.2 Å². The lowest BCUT2D eigenvalue weighted by Gasteiger charge is -2.25. The number of benzene rings is 1. The van der Waals surface area contributed by atoms with Crippen LogP contribution >= 0.6 is 0 Å². The van der Waals surface area contributed by atoms with Crippen LogP contribution in [0, 0.1) is 0 Å². The minimum atomic E-state index is -0.967. The number of aliphatic carboxylic acids is 1. The number of rotatable bonds is 9. The quantitative estimate of drug-likeness (QED) is 0.634. The number of carboxylic acids is 1. The first-order chi connectivity index (χ1) is 13.3. The maximum absolute atomic E-state index is 12.0. The average Bonchev–Trinajstić information content (AvgIpc) is 3.14. The third kappa shape index (κ3) is 5.43. The zero-order valence-electron chi connectivity index (χ0n) is 16.1. The Hall–Kier alpha value is -3.13. The van der Waals surface area contributed by atoms with E-state index in [1.807, 2.05) is 0 Å². The molecule has 2 aromatic rings. The number of carbonyl (C=O) groups excluding carboxylic acids is 2. The number of amides is 1. The van der Waals surface area contributed by atoms with E-state index in [0.29, 0.717) is 35.7 Å². The van der Waals surface area contributed by atoms with Crippen molar-refractivity contribution in [3.8, 4) is 11.3 Å². The zero-order chi connectivity index (χ0) is 20.7. The molecule has 8 nitrogen and oxygen atoms in total. The molecule has 1 heterocycles. The van der Waals surface area contributed by atoms with Crippen LogP contribution in [0.4, 0.5) is 0 Å². The maximum atomic E-state index is 12.0. The van der Waals surface area contributed by atoms with Gasteiger partial charge in [-0.15, -0.1) is 0 Å². The lowest BCUT2D eigenvalue weighted by molar-refractivity contribution is -0.142. The molecule has 8 heteroatoms. The number of nitrogens with one attached hydrogen (secondary N) is 1. The summed E-state index contributed by atoms with van der Waals surface area (Å²) in [6.07, 6.45) is 0. The van der Waals surface area contributed by atoms with Crippen molar-refractivity contribution in [1.29, 1.82) is 0 Å². The van der Waals surface area contributed by atoms with Crippen molar-refractivity contribution in [3.63, 3.8) is 0 Å². The van der Waals surface area contributed by atoms with Gasteiger partial charge in [0, 0.05) is 25.6 Å². The number of furan rings is 1. The summed E-state index contributed by atoms with van der Waals surface area (Å²) in [4.78, 5) is 36.1. The van der Waals surface area contributed by atoms with Crippen LogP contribution < -0.4 is 5.32 Å². The van der Waals surface area contributed by atoms with Gasteiger partial charge >= 0.3 is 11.9 Å². The smallest absolute Gasteiger partial charge is 0.338 e. The van der Waals surface area contributed by atoms with Crippen LogP contribution in [0.25, 0.3) is 11.3 Å². The molecule has 1 aromatic carbocycles. The van der Waals surface area contributed by atoms with Crippen LogP contribution in [-0.2, 0) is 20.9 Å². The second kappa shape index (κ2) is 9.70. The van der Waals surface area contributed by atoms with Gasteiger partial charge < -0.3 is 19.6 Å². The minimum Gasteiger partial charge on any atom is -0.480 e. The Labute approximate surface area is 163 Å². The fourth-order valence-electron chi connectivity index (χ4n) is 2.74. The molecule has 1 amide bonds.